The summed E-state index contributed by atoms with van der Waals surface area (Å²) in [6.45, 7) is 5.36. The molecule has 10 nitrogen and oxygen atoms in total. The van der Waals surface area contributed by atoms with Crippen molar-refractivity contribution in [3.8, 4) is 5.75 Å². The van der Waals surface area contributed by atoms with Crippen LogP contribution in [0.4, 0.5) is 4.79 Å². The number of fused-ring (bicyclic) bond motifs is 2. The molecule has 2 aliphatic heterocycles. The molecule has 1 aromatic carbocycles. The van der Waals surface area contributed by atoms with Crippen molar-refractivity contribution in [3.63, 3.8) is 0 Å². The summed E-state index contributed by atoms with van der Waals surface area (Å²) >= 11 is 0. The molecule has 0 bridgehead atoms. The maximum atomic E-state index is 12.2. The lowest BCUT2D eigenvalue weighted by atomic mass is 9.89. The second kappa shape index (κ2) is 7.86. The van der Waals surface area contributed by atoms with Gasteiger partial charge in [0.05, 0.1) is 12.2 Å². The predicted molar refractivity (Wildman–Crippen MR) is 104 cm³/mol. The SMILES string of the molecule is CCOC(=O)c1cc2ccc(OC3OC(C)(C)[C@H](OC)C4OC(=O)OC34)cc2oc1=O. The van der Waals surface area contributed by atoms with E-state index in [1.54, 1.807) is 32.9 Å². The van der Waals surface area contributed by atoms with E-state index < -0.39 is 48.0 Å². The van der Waals surface area contributed by atoms with Gasteiger partial charge >= 0.3 is 17.8 Å². The van der Waals surface area contributed by atoms with E-state index in [9.17, 15) is 14.4 Å². The highest BCUT2D eigenvalue weighted by Crippen LogP contribution is 2.38. The fourth-order valence-electron chi connectivity index (χ4n) is 3.82. The van der Waals surface area contributed by atoms with Crippen molar-refractivity contribution in [2.24, 2.45) is 0 Å². The maximum absolute atomic E-state index is 12.2. The van der Waals surface area contributed by atoms with Crippen LogP contribution in [0.15, 0.2) is 33.5 Å². The smallest absolute Gasteiger partial charge is 0.462 e. The van der Waals surface area contributed by atoms with Crippen LogP contribution in [0.2, 0.25) is 0 Å². The third kappa shape index (κ3) is 3.84. The zero-order valence-corrected chi connectivity index (χ0v) is 17.4. The van der Waals surface area contributed by atoms with Crippen LogP contribution in [-0.2, 0) is 23.7 Å². The Bertz CT molecular complexity index is 1070. The first-order valence-corrected chi connectivity index (χ1v) is 9.73. The quantitative estimate of drug-likeness (QED) is 0.512. The van der Waals surface area contributed by atoms with Gasteiger partial charge in [-0.05, 0) is 39.0 Å². The Labute approximate surface area is 176 Å². The van der Waals surface area contributed by atoms with Crippen molar-refractivity contribution in [1.29, 1.82) is 0 Å². The van der Waals surface area contributed by atoms with Crippen LogP contribution in [0.1, 0.15) is 31.1 Å². The molecular formula is C21H22O10. The third-order valence-corrected chi connectivity index (χ3v) is 5.17. The second-order valence-electron chi connectivity index (χ2n) is 7.65. The van der Waals surface area contributed by atoms with Gasteiger partial charge in [-0.1, -0.05) is 0 Å². The molecule has 3 heterocycles. The van der Waals surface area contributed by atoms with Gasteiger partial charge in [0.15, 0.2) is 6.10 Å². The molecule has 0 radical (unpaired) electrons. The summed E-state index contributed by atoms with van der Waals surface area (Å²) in [4.78, 5) is 35.8. The van der Waals surface area contributed by atoms with Gasteiger partial charge in [0.25, 0.3) is 0 Å². The van der Waals surface area contributed by atoms with Crippen LogP contribution in [0.5, 0.6) is 5.75 Å². The third-order valence-electron chi connectivity index (χ3n) is 5.17. The highest BCUT2D eigenvalue weighted by atomic mass is 16.8. The normalized spacial score (nSPS) is 26.6. The molecule has 3 unspecified atom stereocenters. The number of esters is 1. The van der Waals surface area contributed by atoms with Crippen LogP contribution in [-0.4, -0.2) is 56.0 Å². The monoisotopic (exact) mass is 434 g/mol. The summed E-state index contributed by atoms with van der Waals surface area (Å²) in [5, 5.41) is 0.507. The number of methoxy groups -OCH3 is 1. The number of hydrogen-bond acceptors (Lipinski definition) is 10. The number of benzene rings is 1. The van der Waals surface area contributed by atoms with Crippen molar-refractivity contribution in [2.45, 2.75) is 51.0 Å². The van der Waals surface area contributed by atoms with E-state index in [4.69, 9.17) is 32.8 Å². The van der Waals surface area contributed by atoms with E-state index >= 15 is 0 Å². The summed E-state index contributed by atoms with van der Waals surface area (Å²) in [5.41, 5.74) is -1.65. The molecule has 10 heteroatoms. The van der Waals surface area contributed by atoms with Gasteiger partial charge in [-0.15, -0.1) is 0 Å². The molecule has 0 N–H and O–H groups in total. The molecule has 2 aliphatic rings. The van der Waals surface area contributed by atoms with Gasteiger partial charge in [-0.2, -0.15) is 0 Å². The molecule has 2 fully saturated rings. The van der Waals surface area contributed by atoms with Crippen molar-refractivity contribution in [3.05, 3.63) is 40.2 Å². The molecule has 2 aromatic rings. The van der Waals surface area contributed by atoms with E-state index in [1.807, 2.05) is 0 Å². The molecule has 0 spiro atoms. The highest BCUT2D eigenvalue weighted by Gasteiger charge is 2.58. The van der Waals surface area contributed by atoms with Crippen LogP contribution in [0.3, 0.4) is 0 Å². The summed E-state index contributed by atoms with van der Waals surface area (Å²) in [6.07, 6.45) is -3.93. The molecule has 0 saturated carbocycles. The van der Waals surface area contributed by atoms with Crippen LogP contribution in [0, 0.1) is 0 Å². The maximum Gasteiger partial charge on any atom is 0.509 e. The topological polar surface area (TPSA) is 120 Å². The average Bonchev–Trinajstić information content (AvgIpc) is 3.08. The van der Waals surface area contributed by atoms with E-state index in [2.05, 4.69) is 0 Å². The Morgan fingerprint density at radius 3 is 2.58 bits per heavy atom. The Morgan fingerprint density at radius 2 is 1.87 bits per heavy atom. The second-order valence-corrected chi connectivity index (χ2v) is 7.65. The fraction of sp³-hybridized carbons (Fsp3) is 0.476. The predicted octanol–water partition coefficient (Wildman–Crippen LogP) is 2.40. The number of hydrogen-bond donors (Lipinski definition) is 0. The number of rotatable bonds is 5. The summed E-state index contributed by atoms with van der Waals surface area (Å²) in [5.74, 6) is -0.448. The molecule has 1 aromatic heterocycles. The van der Waals surface area contributed by atoms with E-state index in [0.29, 0.717) is 11.1 Å². The molecule has 0 aliphatic carbocycles. The molecule has 4 atom stereocenters. The minimum Gasteiger partial charge on any atom is -0.462 e. The standard InChI is InChI=1S/C21H22O10/c1-5-26-17(22)12-8-10-6-7-11(9-13(10)28-18(12)23)27-19-15-14(29-20(24)30-15)16(25-4)21(2,3)31-19/h6-9,14-16,19H,5H2,1-4H3/t14?,15?,16-,19?/m1/s1. The Kier molecular flexibility index (Phi) is 5.36. The van der Waals surface area contributed by atoms with Crippen molar-refractivity contribution in [2.75, 3.05) is 13.7 Å². The largest absolute Gasteiger partial charge is 0.509 e. The van der Waals surface area contributed by atoms with Crippen molar-refractivity contribution < 1.29 is 42.4 Å². The first-order valence-electron chi connectivity index (χ1n) is 9.73. The van der Waals surface area contributed by atoms with Crippen LogP contribution in [0.25, 0.3) is 11.0 Å². The number of carbonyl (C=O) groups is 2. The molecule has 4 rings (SSSR count). The highest BCUT2D eigenvalue weighted by molar-refractivity contribution is 5.93. The van der Waals surface area contributed by atoms with E-state index in [-0.39, 0.29) is 17.8 Å². The fourth-order valence-corrected chi connectivity index (χ4v) is 3.82. The Hall–Kier alpha value is -3.11. The van der Waals surface area contributed by atoms with Gasteiger partial charge < -0.3 is 32.8 Å². The molecular weight excluding hydrogens is 412 g/mol. The minimum atomic E-state index is -0.985. The van der Waals surface area contributed by atoms with Crippen molar-refractivity contribution in [1.82, 2.24) is 0 Å². The minimum absolute atomic E-state index is 0.140. The first kappa shape index (κ1) is 21.1. The van der Waals surface area contributed by atoms with Gasteiger partial charge in [-0.25, -0.2) is 14.4 Å². The van der Waals surface area contributed by atoms with Gasteiger partial charge in [0.2, 0.25) is 12.4 Å². The van der Waals surface area contributed by atoms with Gasteiger partial charge in [0.1, 0.15) is 23.0 Å². The lowest BCUT2D eigenvalue weighted by molar-refractivity contribution is -0.282. The van der Waals surface area contributed by atoms with Gasteiger partial charge in [-0.3, -0.25) is 0 Å². The summed E-state index contributed by atoms with van der Waals surface area (Å²) in [7, 11) is 1.50. The summed E-state index contributed by atoms with van der Waals surface area (Å²) < 4.78 is 38.0. The zero-order chi connectivity index (χ0) is 22.3. The Morgan fingerprint density at radius 1 is 1.13 bits per heavy atom. The Balaban J connectivity index is 1.62. The average molecular weight is 434 g/mol. The van der Waals surface area contributed by atoms with E-state index in [0.717, 1.165) is 0 Å². The molecule has 2 saturated heterocycles. The zero-order valence-electron chi connectivity index (χ0n) is 17.4. The van der Waals surface area contributed by atoms with Gasteiger partial charge in [0, 0.05) is 18.6 Å². The number of ether oxygens (including phenoxy) is 6. The van der Waals surface area contributed by atoms with Crippen LogP contribution >= 0.6 is 0 Å². The number of carbonyl (C=O) groups excluding carboxylic acids is 2. The molecule has 0 amide bonds. The summed E-state index contributed by atoms with van der Waals surface area (Å²) in [6, 6.07) is 6.12. The lowest BCUT2D eigenvalue weighted by Gasteiger charge is -2.45. The first-order chi connectivity index (χ1) is 14.7. The molecule has 166 valence electrons. The lowest BCUT2D eigenvalue weighted by Crippen LogP contribution is -2.62. The van der Waals surface area contributed by atoms with Crippen LogP contribution < -0.4 is 10.4 Å². The molecule has 31 heavy (non-hydrogen) atoms. The van der Waals surface area contributed by atoms with Crippen molar-refractivity contribution >= 4 is 23.1 Å². The van der Waals surface area contributed by atoms with E-state index in [1.165, 1.54) is 19.2 Å².